The predicted octanol–water partition coefficient (Wildman–Crippen LogP) is 3.34. The fraction of sp³-hybridized carbons (Fsp3) is 0.273. The molecule has 0 spiro atoms. The van der Waals surface area contributed by atoms with Gasteiger partial charge in [0.1, 0.15) is 5.58 Å². The average Bonchev–Trinajstić information content (AvgIpc) is 2.94. The number of benzene rings is 2. The van der Waals surface area contributed by atoms with Crippen LogP contribution in [0.4, 0.5) is 0 Å². The SMILES string of the molecule is Cc1ccc([C@H]2c3c(oc4ccc(C)cc4c3=O)C(=O)N2CCCO)cc1. The number of aryl methyl sites for hydroxylation is 2. The molecule has 1 aromatic heterocycles. The maximum absolute atomic E-state index is 13.3. The van der Waals surface area contributed by atoms with E-state index < -0.39 is 6.04 Å². The lowest BCUT2D eigenvalue weighted by molar-refractivity contribution is 0.0716. The summed E-state index contributed by atoms with van der Waals surface area (Å²) >= 11 is 0. The van der Waals surface area contributed by atoms with Gasteiger partial charge in [-0.2, -0.15) is 0 Å². The molecule has 0 saturated carbocycles. The summed E-state index contributed by atoms with van der Waals surface area (Å²) in [6, 6.07) is 12.7. The summed E-state index contributed by atoms with van der Waals surface area (Å²) in [5.41, 5.74) is 3.57. The first kappa shape index (κ1) is 17.5. The molecular weight excluding hydrogens is 342 g/mol. The van der Waals surface area contributed by atoms with Gasteiger partial charge in [0.05, 0.1) is 17.0 Å². The average molecular weight is 363 g/mol. The monoisotopic (exact) mass is 363 g/mol. The molecule has 1 N–H and O–H groups in total. The third-order valence-electron chi connectivity index (χ3n) is 5.07. The first-order chi connectivity index (χ1) is 13.0. The Bertz CT molecular complexity index is 1080. The summed E-state index contributed by atoms with van der Waals surface area (Å²) in [7, 11) is 0. The van der Waals surface area contributed by atoms with Crippen molar-refractivity contribution >= 4 is 16.9 Å². The Hall–Kier alpha value is -2.92. The lowest BCUT2D eigenvalue weighted by atomic mass is 9.97. The number of amides is 1. The summed E-state index contributed by atoms with van der Waals surface area (Å²) in [5.74, 6) is -0.191. The third-order valence-corrected chi connectivity index (χ3v) is 5.07. The molecule has 27 heavy (non-hydrogen) atoms. The van der Waals surface area contributed by atoms with E-state index in [0.717, 1.165) is 16.7 Å². The van der Waals surface area contributed by atoms with E-state index in [9.17, 15) is 14.7 Å². The van der Waals surface area contributed by atoms with Crippen molar-refractivity contribution in [1.29, 1.82) is 0 Å². The molecule has 0 fully saturated rings. The minimum atomic E-state index is -0.499. The second-order valence-corrected chi connectivity index (χ2v) is 7.06. The largest absolute Gasteiger partial charge is 0.450 e. The molecule has 4 rings (SSSR count). The molecule has 138 valence electrons. The van der Waals surface area contributed by atoms with Gasteiger partial charge in [-0.05, 0) is 38.0 Å². The van der Waals surface area contributed by atoms with E-state index in [0.29, 0.717) is 29.5 Å². The van der Waals surface area contributed by atoms with E-state index in [1.807, 2.05) is 44.2 Å². The predicted molar refractivity (Wildman–Crippen MR) is 103 cm³/mol. The Morgan fingerprint density at radius 1 is 1.04 bits per heavy atom. The Kier molecular flexibility index (Phi) is 4.32. The highest BCUT2D eigenvalue weighted by atomic mass is 16.3. The number of hydrogen-bond acceptors (Lipinski definition) is 4. The van der Waals surface area contributed by atoms with Crippen LogP contribution in [-0.4, -0.2) is 29.1 Å². The van der Waals surface area contributed by atoms with Gasteiger partial charge in [0.15, 0.2) is 5.43 Å². The molecule has 0 unspecified atom stereocenters. The van der Waals surface area contributed by atoms with E-state index in [4.69, 9.17) is 4.42 Å². The molecule has 5 heteroatoms. The quantitative estimate of drug-likeness (QED) is 0.772. The van der Waals surface area contributed by atoms with Crippen molar-refractivity contribution in [3.8, 4) is 0 Å². The highest BCUT2D eigenvalue weighted by molar-refractivity contribution is 5.99. The number of fused-ring (bicyclic) bond motifs is 2. The van der Waals surface area contributed by atoms with Crippen molar-refractivity contribution < 1.29 is 14.3 Å². The van der Waals surface area contributed by atoms with Crippen LogP contribution < -0.4 is 5.43 Å². The van der Waals surface area contributed by atoms with Crippen LogP contribution in [0.15, 0.2) is 51.7 Å². The van der Waals surface area contributed by atoms with Crippen LogP contribution in [0.25, 0.3) is 11.0 Å². The number of nitrogens with zero attached hydrogens (tertiary/aromatic N) is 1. The van der Waals surface area contributed by atoms with Crippen LogP contribution in [0.1, 0.15) is 45.3 Å². The summed E-state index contributed by atoms with van der Waals surface area (Å²) < 4.78 is 5.88. The fourth-order valence-corrected chi connectivity index (χ4v) is 3.70. The molecule has 1 aliphatic rings. The molecule has 5 nitrogen and oxygen atoms in total. The maximum atomic E-state index is 13.3. The number of aliphatic hydroxyl groups is 1. The zero-order valence-corrected chi connectivity index (χ0v) is 15.4. The minimum absolute atomic E-state index is 0.0245. The number of hydrogen-bond donors (Lipinski definition) is 1. The summed E-state index contributed by atoms with van der Waals surface area (Å²) in [6.45, 7) is 4.24. The highest BCUT2D eigenvalue weighted by Gasteiger charge is 2.42. The Labute approximate surface area is 156 Å². The molecule has 0 aliphatic carbocycles. The molecule has 1 aliphatic heterocycles. The van der Waals surface area contributed by atoms with E-state index in [1.54, 1.807) is 17.0 Å². The Morgan fingerprint density at radius 3 is 2.44 bits per heavy atom. The van der Waals surface area contributed by atoms with Gasteiger partial charge in [-0.3, -0.25) is 9.59 Å². The van der Waals surface area contributed by atoms with Crippen LogP contribution in [0, 0.1) is 13.8 Å². The standard InChI is InChI=1S/C22H21NO4/c1-13-4-7-15(8-5-13)19-18-20(25)16-12-14(2)6-9-17(16)27-21(18)22(26)23(19)10-3-11-24/h4-9,12,19,24H,3,10-11H2,1-2H3/t19-/m0/s1. The highest BCUT2D eigenvalue weighted by Crippen LogP contribution is 2.38. The molecule has 1 amide bonds. The minimum Gasteiger partial charge on any atom is -0.450 e. The molecule has 0 saturated heterocycles. The van der Waals surface area contributed by atoms with Crippen molar-refractivity contribution in [2.24, 2.45) is 0 Å². The molecule has 2 aromatic carbocycles. The molecule has 0 radical (unpaired) electrons. The van der Waals surface area contributed by atoms with Gasteiger partial charge in [0, 0.05) is 13.2 Å². The number of rotatable bonds is 4. The molecule has 0 bridgehead atoms. The summed E-state index contributed by atoms with van der Waals surface area (Å²) in [4.78, 5) is 28.0. The van der Waals surface area contributed by atoms with Crippen molar-refractivity contribution in [2.75, 3.05) is 13.2 Å². The lowest BCUT2D eigenvalue weighted by Crippen LogP contribution is -2.31. The number of carbonyl (C=O) groups excluding carboxylic acids is 1. The van der Waals surface area contributed by atoms with Crippen LogP contribution in [0.3, 0.4) is 0 Å². The van der Waals surface area contributed by atoms with Gasteiger partial charge < -0.3 is 14.4 Å². The number of aliphatic hydroxyl groups excluding tert-OH is 1. The second-order valence-electron chi connectivity index (χ2n) is 7.06. The van der Waals surface area contributed by atoms with Crippen molar-refractivity contribution in [1.82, 2.24) is 4.90 Å². The van der Waals surface area contributed by atoms with Crippen LogP contribution >= 0.6 is 0 Å². The van der Waals surface area contributed by atoms with Crippen LogP contribution in [-0.2, 0) is 0 Å². The lowest BCUT2D eigenvalue weighted by Gasteiger charge is -2.25. The molecule has 3 aromatic rings. The Balaban J connectivity index is 1.97. The second kappa shape index (κ2) is 6.67. The third kappa shape index (κ3) is 2.84. The zero-order chi connectivity index (χ0) is 19.1. The van der Waals surface area contributed by atoms with Gasteiger partial charge in [0.2, 0.25) is 5.76 Å². The first-order valence-corrected chi connectivity index (χ1v) is 9.07. The summed E-state index contributed by atoms with van der Waals surface area (Å²) in [6.07, 6.45) is 0.439. The molecule has 1 atom stereocenters. The fourth-order valence-electron chi connectivity index (χ4n) is 3.70. The number of carbonyl (C=O) groups is 1. The van der Waals surface area contributed by atoms with Gasteiger partial charge in [-0.25, -0.2) is 0 Å². The maximum Gasteiger partial charge on any atom is 0.290 e. The molecule has 2 heterocycles. The van der Waals surface area contributed by atoms with E-state index in [1.165, 1.54) is 0 Å². The zero-order valence-electron chi connectivity index (χ0n) is 15.4. The summed E-state index contributed by atoms with van der Waals surface area (Å²) in [5, 5.41) is 9.73. The van der Waals surface area contributed by atoms with Crippen molar-refractivity contribution in [3.63, 3.8) is 0 Å². The van der Waals surface area contributed by atoms with Gasteiger partial charge in [-0.1, -0.05) is 41.5 Å². The van der Waals surface area contributed by atoms with Crippen LogP contribution in [0.2, 0.25) is 0 Å². The van der Waals surface area contributed by atoms with Crippen molar-refractivity contribution in [2.45, 2.75) is 26.3 Å². The van der Waals surface area contributed by atoms with Gasteiger partial charge in [-0.15, -0.1) is 0 Å². The smallest absolute Gasteiger partial charge is 0.290 e. The van der Waals surface area contributed by atoms with E-state index in [2.05, 4.69) is 0 Å². The first-order valence-electron chi connectivity index (χ1n) is 9.07. The van der Waals surface area contributed by atoms with E-state index in [-0.39, 0.29) is 23.7 Å². The topological polar surface area (TPSA) is 70.8 Å². The normalized spacial score (nSPS) is 16.2. The van der Waals surface area contributed by atoms with Crippen molar-refractivity contribution in [3.05, 3.63) is 80.7 Å². The van der Waals surface area contributed by atoms with Gasteiger partial charge >= 0.3 is 0 Å². The van der Waals surface area contributed by atoms with Gasteiger partial charge in [0.25, 0.3) is 5.91 Å². The molecular formula is C22H21NO4. The Morgan fingerprint density at radius 2 is 1.74 bits per heavy atom. The van der Waals surface area contributed by atoms with Crippen LogP contribution in [0.5, 0.6) is 0 Å². The van der Waals surface area contributed by atoms with E-state index >= 15 is 0 Å².